The molecule has 11 heterocycles. The summed E-state index contributed by atoms with van der Waals surface area (Å²) in [5.41, 5.74) is 19.9. The summed E-state index contributed by atoms with van der Waals surface area (Å²) >= 11 is 7.94. The molecule has 550 valence electrons. The van der Waals surface area contributed by atoms with Gasteiger partial charge in [-0.1, -0.05) is 72.8 Å². The van der Waals surface area contributed by atoms with Crippen LogP contribution in [0.15, 0.2) is 267 Å². The van der Waals surface area contributed by atoms with Crippen LogP contribution in [0.4, 0.5) is 0 Å². The number of fused-ring (bicyclic) bond motifs is 5. The van der Waals surface area contributed by atoms with Gasteiger partial charge in [0.25, 0.3) is 0 Å². The number of hydrogen-bond donors (Lipinski definition) is 6. The summed E-state index contributed by atoms with van der Waals surface area (Å²) < 4.78 is 9.64. The van der Waals surface area contributed by atoms with Gasteiger partial charge < -0.3 is 36.4 Å². The first kappa shape index (κ1) is 78.5. The Morgan fingerprint density at radius 1 is 0.319 bits per heavy atom. The smallest absolute Gasteiger partial charge is 0.123 e. The Bertz CT molecular complexity index is 6290. The third kappa shape index (κ3) is 15.2. The molecule has 6 N–H and O–H groups in total. The molecule has 5 aliphatic rings. The van der Waals surface area contributed by atoms with Crippen molar-refractivity contribution >= 4 is 113 Å². The first-order valence-corrected chi connectivity index (χ1v) is 39.7. The van der Waals surface area contributed by atoms with Crippen molar-refractivity contribution in [1.29, 1.82) is 52.6 Å². The Balaban J connectivity index is 0.000000131. The Morgan fingerprint density at radius 2 is 0.619 bits per heavy atom. The summed E-state index contributed by atoms with van der Waals surface area (Å²) in [4.78, 5) is 5.27. The maximum atomic E-state index is 9.99. The molecule has 0 aliphatic carbocycles. The van der Waals surface area contributed by atoms with Crippen LogP contribution in [0.2, 0.25) is 0 Å². The van der Waals surface area contributed by atoms with Crippen LogP contribution in [0.5, 0.6) is 11.5 Å². The highest BCUT2D eigenvalue weighted by Crippen LogP contribution is 2.49. The summed E-state index contributed by atoms with van der Waals surface area (Å²) in [6, 6.07) is 63.8. The van der Waals surface area contributed by atoms with Gasteiger partial charge in [0.05, 0.1) is 159 Å². The average molecular weight is 1570 g/mol. The summed E-state index contributed by atoms with van der Waals surface area (Å²) in [5.74, 6) is -0.571. The number of phenols is 1. The zero-order valence-electron chi connectivity index (χ0n) is 62.8. The minimum Gasteiger partial charge on any atom is -0.508 e. The predicted octanol–water partition coefficient (Wildman–Crippen LogP) is 21.2. The first-order chi connectivity index (χ1) is 54.7. The molecule has 16 rings (SSSR count). The quantitative estimate of drug-likeness (QED) is 0.0863. The molecule has 0 radical (unpaired) electrons. The molecule has 1 atom stereocenters. The second kappa shape index (κ2) is 34.3. The predicted molar refractivity (Wildman–Crippen MR) is 448 cm³/mol. The van der Waals surface area contributed by atoms with Gasteiger partial charge >= 0.3 is 0 Å². The average Bonchev–Trinajstić information content (AvgIpc) is 1.75. The molecule has 23 heteroatoms. The molecule has 1 unspecified atom stereocenters. The lowest BCUT2D eigenvalue weighted by Gasteiger charge is -2.27. The van der Waals surface area contributed by atoms with Crippen LogP contribution in [0, 0.1) is 113 Å². The van der Waals surface area contributed by atoms with Crippen LogP contribution in [0.25, 0.3) is 56.3 Å². The van der Waals surface area contributed by atoms with Gasteiger partial charge in [0, 0.05) is 81.7 Å². The van der Waals surface area contributed by atoms with Gasteiger partial charge in [-0.25, -0.2) is 4.98 Å². The number of aromatic hydroxyl groups is 1. The Morgan fingerprint density at radius 3 is 1.00 bits per heavy atom. The minimum absolute atomic E-state index is 0.214. The topological polar surface area (TPSA) is 340 Å². The molecular formula is C90H68N16O2S5. The zero-order chi connectivity index (χ0) is 80.5. The van der Waals surface area contributed by atoms with E-state index in [0.29, 0.717) is 55.7 Å². The Kier molecular flexibility index (Phi) is 23.8. The minimum atomic E-state index is -0.352. The number of nitriles is 10. The summed E-state index contributed by atoms with van der Waals surface area (Å²) in [6.45, 7) is 16.9. The molecule has 0 saturated heterocycles. The summed E-state index contributed by atoms with van der Waals surface area (Å²) in [7, 11) is 1.64. The number of benzene rings is 5. The largest absolute Gasteiger partial charge is 0.508 e. The number of phenolic OH excluding ortho intramolecular Hbond substituents is 1. The van der Waals surface area contributed by atoms with Crippen LogP contribution >= 0.6 is 56.7 Å². The Hall–Kier alpha value is -14.1. The van der Waals surface area contributed by atoms with Crippen molar-refractivity contribution in [3.05, 3.63) is 301 Å². The van der Waals surface area contributed by atoms with Crippen LogP contribution in [0.1, 0.15) is 125 Å². The van der Waals surface area contributed by atoms with Crippen LogP contribution in [-0.2, 0) is 0 Å². The van der Waals surface area contributed by atoms with Gasteiger partial charge in [-0.15, -0.1) is 56.7 Å². The molecule has 11 aromatic rings. The number of nitrogens with zero attached hydrogens (tertiary/aromatic N) is 11. The molecule has 5 aromatic carbocycles. The van der Waals surface area contributed by atoms with Crippen molar-refractivity contribution in [2.45, 2.75) is 91.9 Å². The monoisotopic (exact) mass is 1560 g/mol. The second-order valence-electron chi connectivity index (χ2n) is 26.8. The van der Waals surface area contributed by atoms with E-state index in [9.17, 15) is 57.7 Å². The van der Waals surface area contributed by atoms with Crippen LogP contribution < -0.4 is 31.3 Å². The van der Waals surface area contributed by atoms with Gasteiger partial charge in [-0.2, -0.15) is 52.6 Å². The van der Waals surface area contributed by atoms with Crippen molar-refractivity contribution < 1.29 is 9.84 Å². The van der Waals surface area contributed by atoms with Gasteiger partial charge in [-0.3, -0.25) is 0 Å². The van der Waals surface area contributed by atoms with E-state index in [1.54, 1.807) is 59.4 Å². The number of pyridine rings is 1. The molecule has 6 aromatic heterocycles. The zero-order valence-corrected chi connectivity index (χ0v) is 66.9. The molecular weight excluding hydrogens is 1500 g/mol. The number of thiophene rings is 5. The van der Waals surface area contributed by atoms with Crippen molar-refractivity contribution in [2.24, 2.45) is 0 Å². The first-order valence-electron chi connectivity index (χ1n) is 35.3. The van der Waals surface area contributed by atoms with E-state index in [2.05, 4.69) is 127 Å². The van der Waals surface area contributed by atoms with E-state index < -0.39 is 0 Å². The van der Waals surface area contributed by atoms with Gasteiger partial charge in [0.2, 0.25) is 0 Å². The number of rotatable bonds is 7. The molecule has 0 spiro atoms. The normalized spacial score (nSPS) is 15.9. The SMILES string of the molecule is CC1=C(C#N)C(c2csc3cc(O)ccc23)C(C#N)=C(C)N1.CC1=C(C#N)C(c2csc3ccccc23)C(C#N)=C(C)N1.CC1=C(C#N)C(c2csc3ccccc23)C(C#N)=C(c2ccccc2)N1.CC1=C(C#N)C(c2csc3ncccc23)C(C#N)=C(C)N1.COc1ccc2c(C3C(C#N)=C(C)NC(C)=C3C#N)csc2c1. The summed E-state index contributed by atoms with van der Waals surface area (Å²) in [5, 5.41) is 137. The second-order valence-corrected chi connectivity index (χ2v) is 31.3. The van der Waals surface area contributed by atoms with Crippen molar-refractivity contribution in [3.63, 3.8) is 0 Å². The van der Waals surface area contributed by atoms with Gasteiger partial charge in [0.15, 0.2) is 0 Å². The lowest BCUT2D eigenvalue weighted by Crippen LogP contribution is -2.23. The molecule has 113 heavy (non-hydrogen) atoms. The standard InChI is InChI=1S/C22H15N3S.C18H15N3OS.C17H13N3OS.C17H13N3S.C16H12N4S/c1-14-17(11-23)21(19-13-26-20-10-6-5-9-16(19)20)18(12-24)22(25-14)15-7-3-2-4-8-15;1-10-14(7-19)18(15(8-20)11(2)21-10)16-9-23-17-6-12(22-3)4-5-13(16)17;1-9-13(6-18)17(14(7-19)10(2)20-9)15-8-22-16-5-11(21)3-4-12(15)16;1-10-13(7-18)17(14(8-19)11(2)20-10)15-9-21-16-6-4-3-5-12(15)16;1-9-12(6-17)15(13(7-18)10(2)20-9)14-8-21-16-11(14)4-3-5-19-16/h2-10,13,21,25H,1H3;4-6,9,18,21H,1-3H3;3-5,8,17,20-21H,1-2H3;3-6,9,17,20H,1-2H3;3-5,8,15,20H,1-2H3. The number of methoxy groups -OCH3 is 1. The molecule has 5 aliphatic heterocycles. The molecule has 0 saturated carbocycles. The maximum absolute atomic E-state index is 9.99. The fourth-order valence-electron chi connectivity index (χ4n) is 14.8. The fourth-order valence-corrected chi connectivity index (χ4v) is 19.8. The van der Waals surface area contributed by atoms with Gasteiger partial charge in [0.1, 0.15) is 16.3 Å². The van der Waals surface area contributed by atoms with E-state index in [1.807, 2.05) is 169 Å². The molecule has 0 bridgehead atoms. The molecule has 0 fully saturated rings. The van der Waals surface area contributed by atoms with E-state index in [1.165, 1.54) is 27.4 Å². The van der Waals surface area contributed by atoms with E-state index in [0.717, 1.165) is 142 Å². The summed E-state index contributed by atoms with van der Waals surface area (Å²) in [6.07, 6.45) is 1.75. The van der Waals surface area contributed by atoms with Crippen molar-refractivity contribution in [2.75, 3.05) is 7.11 Å². The number of allylic oxidation sites excluding steroid dienone is 19. The maximum Gasteiger partial charge on any atom is 0.123 e. The fraction of sp³-hybridized carbons (Fsp3) is 0.167. The number of aromatic nitrogens is 1. The van der Waals surface area contributed by atoms with Crippen LogP contribution in [-0.4, -0.2) is 17.2 Å². The van der Waals surface area contributed by atoms with Crippen LogP contribution in [0.3, 0.4) is 0 Å². The number of ether oxygens (including phenoxy) is 1. The lowest BCUT2D eigenvalue weighted by atomic mass is 9.80. The number of dihydropyridines is 5. The highest BCUT2D eigenvalue weighted by molar-refractivity contribution is 7.18. The van der Waals surface area contributed by atoms with Crippen molar-refractivity contribution in [1.82, 2.24) is 31.6 Å². The number of hydrogen-bond acceptors (Lipinski definition) is 23. The van der Waals surface area contributed by atoms with E-state index in [-0.39, 0.29) is 35.3 Å². The van der Waals surface area contributed by atoms with E-state index >= 15 is 0 Å². The molecule has 18 nitrogen and oxygen atoms in total. The highest BCUT2D eigenvalue weighted by atomic mass is 32.1. The lowest BCUT2D eigenvalue weighted by molar-refractivity contribution is 0.415. The van der Waals surface area contributed by atoms with Gasteiger partial charge in [-0.05, 0) is 199 Å². The number of nitrogens with one attached hydrogen (secondary N) is 5. The third-order valence-electron chi connectivity index (χ3n) is 20.2. The third-order valence-corrected chi connectivity index (χ3v) is 25.0. The molecule has 0 amide bonds. The Labute approximate surface area is 674 Å². The van der Waals surface area contributed by atoms with Crippen molar-refractivity contribution in [3.8, 4) is 72.2 Å². The van der Waals surface area contributed by atoms with E-state index in [4.69, 9.17) is 4.74 Å². The highest BCUT2D eigenvalue weighted by Gasteiger charge is 2.37.